The molecule has 6 nitrogen and oxygen atoms in total. The first kappa shape index (κ1) is 19.9. The number of nitrogens with zero attached hydrogens (tertiary/aromatic N) is 2. The van der Waals surface area contributed by atoms with Crippen LogP contribution in [0.1, 0.15) is 69.9 Å². The summed E-state index contributed by atoms with van der Waals surface area (Å²) >= 11 is 3.39. The summed E-state index contributed by atoms with van der Waals surface area (Å²) in [7, 11) is 0. The predicted molar refractivity (Wildman–Crippen MR) is 114 cm³/mol. The third-order valence-corrected chi connectivity index (χ3v) is 6.27. The van der Waals surface area contributed by atoms with E-state index in [2.05, 4.69) is 26.5 Å². The maximum absolute atomic E-state index is 13.0. The Balaban J connectivity index is 1.58. The second-order valence-corrected chi connectivity index (χ2v) is 8.39. The number of hydrogen-bond acceptors (Lipinski definition) is 4. The molecule has 0 bridgehead atoms. The van der Waals surface area contributed by atoms with E-state index in [1.807, 2.05) is 30.0 Å². The highest BCUT2D eigenvalue weighted by atomic mass is 79.9. The summed E-state index contributed by atoms with van der Waals surface area (Å²) in [6.07, 6.45) is 5.64. The van der Waals surface area contributed by atoms with Crippen molar-refractivity contribution in [2.24, 2.45) is 5.10 Å². The molecule has 152 valence electrons. The van der Waals surface area contributed by atoms with Gasteiger partial charge in [0.05, 0.1) is 11.3 Å². The molecule has 0 radical (unpaired) electrons. The van der Waals surface area contributed by atoms with Gasteiger partial charge in [0.2, 0.25) is 0 Å². The van der Waals surface area contributed by atoms with Gasteiger partial charge in [0.15, 0.2) is 5.76 Å². The van der Waals surface area contributed by atoms with E-state index < -0.39 is 0 Å². The molecule has 4 rings (SSSR count). The molecule has 1 aromatic heterocycles. The highest BCUT2D eigenvalue weighted by Crippen LogP contribution is 2.31. The van der Waals surface area contributed by atoms with E-state index in [1.54, 1.807) is 6.07 Å². The summed E-state index contributed by atoms with van der Waals surface area (Å²) in [6.45, 7) is 3.48. The van der Waals surface area contributed by atoms with Gasteiger partial charge in [-0.05, 0) is 67.1 Å². The van der Waals surface area contributed by atoms with Crippen molar-refractivity contribution < 1.29 is 14.0 Å². The summed E-state index contributed by atoms with van der Waals surface area (Å²) in [5.74, 6) is 0.905. The Morgan fingerprint density at radius 1 is 1.10 bits per heavy atom. The minimum atomic E-state index is -0.275. The molecule has 2 amide bonds. The van der Waals surface area contributed by atoms with Crippen LogP contribution in [0, 0.1) is 6.92 Å². The Kier molecular flexibility index (Phi) is 5.85. The van der Waals surface area contributed by atoms with Crippen molar-refractivity contribution in [3.63, 3.8) is 0 Å². The topological polar surface area (TPSA) is 74.9 Å². The number of carbonyl (C=O) groups is 2. The summed E-state index contributed by atoms with van der Waals surface area (Å²) in [5.41, 5.74) is 5.66. The summed E-state index contributed by atoms with van der Waals surface area (Å²) in [6, 6.07) is 7.23. The van der Waals surface area contributed by atoms with E-state index in [0.717, 1.165) is 72.3 Å². The summed E-state index contributed by atoms with van der Waals surface area (Å²) in [4.78, 5) is 27.3. The molecule has 0 atom stereocenters. The molecular formula is C22H24BrN3O3. The average Bonchev–Trinajstić information content (AvgIpc) is 3.09. The van der Waals surface area contributed by atoms with Crippen LogP contribution in [0.15, 0.2) is 38.3 Å². The zero-order valence-electron chi connectivity index (χ0n) is 16.5. The molecule has 29 heavy (non-hydrogen) atoms. The number of carbonyl (C=O) groups excluding carboxylic acids is 2. The molecule has 0 spiro atoms. The number of nitrogens with one attached hydrogen (secondary N) is 1. The molecule has 1 aliphatic carbocycles. The van der Waals surface area contributed by atoms with Crippen LogP contribution in [0.3, 0.4) is 0 Å². The standard InChI is InChI=1S/C22H24BrN3O3/c1-14-19-17(24-25-21(27)15-8-3-4-9-16(15)23)10-7-11-18(19)29-20(14)22(28)26-12-5-2-6-13-26/h3-4,8-9H,2,5-7,10-13H2,1H3,(H,25,27)/b24-17+. The molecular weight excluding hydrogens is 434 g/mol. The minimum Gasteiger partial charge on any atom is -0.455 e. The van der Waals surface area contributed by atoms with Gasteiger partial charge in [-0.1, -0.05) is 12.1 Å². The zero-order chi connectivity index (χ0) is 20.4. The van der Waals surface area contributed by atoms with Crippen LogP contribution in [0.2, 0.25) is 0 Å². The van der Waals surface area contributed by atoms with Crippen LogP contribution in [0.4, 0.5) is 0 Å². The van der Waals surface area contributed by atoms with Gasteiger partial charge in [-0.3, -0.25) is 9.59 Å². The number of halogens is 1. The molecule has 1 fully saturated rings. The highest BCUT2D eigenvalue weighted by molar-refractivity contribution is 9.10. The zero-order valence-corrected chi connectivity index (χ0v) is 18.0. The van der Waals surface area contributed by atoms with Gasteiger partial charge in [-0.25, -0.2) is 5.43 Å². The molecule has 1 aliphatic heterocycles. The fourth-order valence-electron chi connectivity index (χ4n) is 4.05. The average molecular weight is 458 g/mol. The van der Waals surface area contributed by atoms with Crippen LogP contribution >= 0.6 is 15.9 Å². The number of hydrogen-bond donors (Lipinski definition) is 1. The van der Waals surface area contributed by atoms with Crippen molar-refractivity contribution in [3.8, 4) is 0 Å². The third kappa shape index (κ3) is 4.01. The van der Waals surface area contributed by atoms with Crippen LogP contribution in [-0.4, -0.2) is 35.5 Å². The number of furan rings is 1. The van der Waals surface area contributed by atoms with Gasteiger partial charge >= 0.3 is 0 Å². The quantitative estimate of drug-likeness (QED) is 0.691. The van der Waals surface area contributed by atoms with Gasteiger partial charge in [0.25, 0.3) is 11.8 Å². The van der Waals surface area contributed by atoms with Gasteiger partial charge in [0, 0.05) is 35.1 Å². The first-order valence-corrected chi connectivity index (χ1v) is 10.9. The SMILES string of the molecule is Cc1c(C(=O)N2CCCCC2)oc2c1/C(=N/NC(=O)c1ccccc1Br)CCC2. The van der Waals surface area contributed by atoms with Gasteiger partial charge < -0.3 is 9.32 Å². The number of amides is 2. The second kappa shape index (κ2) is 8.53. The molecule has 0 saturated carbocycles. The van der Waals surface area contributed by atoms with E-state index in [-0.39, 0.29) is 11.8 Å². The van der Waals surface area contributed by atoms with Crippen molar-refractivity contribution in [2.75, 3.05) is 13.1 Å². The molecule has 2 heterocycles. The van der Waals surface area contributed by atoms with E-state index in [4.69, 9.17) is 4.42 Å². The summed E-state index contributed by atoms with van der Waals surface area (Å²) < 4.78 is 6.72. The van der Waals surface area contributed by atoms with Crippen LogP contribution < -0.4 is 5.43 Å². The number of rotatable bonds is 3. The predicted octanol–water partition coefficient (Wildman–Crippen LogP) is 4.45. The molecule has 1 aromatic carbocycles. The van der Waals surface area contributed by atoms with Gasteiger partial charge in [-0.2, -0.15) is 5.10 Å². The number of hydrazone groups is 1. The van der Waals surface area contributed by atoms with Crippen molar-refractivity contribution >= 4 is 33.5 Å². The lowest BCUT2D eigenvalue weighted by Crippen LogP contribution is -2.35. The van der Waals surface area contributed by atoms with Crippen molar-refractivity contribution in [3.05, 3.63) is 56.9 Å². The smallest absolute Gasteiger partial charge is 0.289 e. The van der Waals surface area contributed by atoms with E-state index >= 15 is 0 Å². The third-order valence-electron chi connectivity index (χ3n) is 5.57. The maximum atomic E-state index is 13.0. The Hall–Kier alpha value is -2.41. The molecule has 2 aliphatic rings. The number of benzene rings is 1. The fourth-order valence-corrected chi connectivity index (χ4v) is 4.51. The number of piperidine rings is 1. The Morgan fingerprint density at radius 2 is 1.86 bits per heavy atom. The van der Waals surface area contributed by atoms with Crippen LogP contribution in [0.5, 0.6) is 0 Å². The Labute approximate surface area is 178 Å². The normalized spacial score (nSPS) is 17.9. The maximum Gasteiger partial charge on any atom is 0.289 e. The van der Waals surface area contributed by atoms with Crippen molar-refractivity contribution in [1.29, 1.82) is 0 Å². The Morgan fingerprint density at radius 3 is 2.62 bits per heavy atom. The molecule has 2 aromatic rings. The van der Waals surface area contributed by atoms with E-state index in [1.165, 1.54) is 6.42 Å². The van der Waals surface area contributed by atoms with Gasteiger partial charge in [0.1, 0.15) is 5.76 Å². The number of fused-ring (bicyclic) bond motifs is 1. The molecule has 7 heteroatoms. The second-order valence-electron chi connectivity index (χ2n) is 7.54. The molecule has 1 N–H and O–H groups in total. The summed E-state index contributed by atoms with van der Waals surface area (Å²) in [5, 5.41) is 4.40. The first-order valence-electron chi connectivity index (χ1n) is 10.1. The first-order chi connectivity index (χ1) is 14.1. The van der Waals surface area contributed by atoms with Gasteiger partial charge in [-0.15, -0.1) is 0 Å². The van der Waals surface area contributed by atoms with Crippen molar-refractivity contribution in [2.45, 2.75) is 45.4 Å². The molecule has 1 saturated heterocycles. The number of aryl methyl sites for hydroxylation is 1. The molecule has 0 unspecified atom stereocenters. The lowest BCUT2D eigenvalue weighted by Gasteiger charge is -2.25. The highest BCUT2D eigenvalue weighted by Gasteiger charge is 2.30. The van der Waals surface area contributed by atoms with E-state index in [0.29, 0.717) is 11.3 Å². The lowest BCUT2D eigenvalue weighted by atomic mass is 9.93. The van der Waals surface area contributed by atoms with Crippen LogP contribution in [-0.2, 0) is 6.42 Å². The largest absolute Gasteiger partial charge is 0.455 e. The van der Waals surface area contributed by atoms with Crippen LogP contribution in [0.25, 0.3) is 0 Å². The monoisotopic (exact) mass is 457 g/mol. The lowest BCUT2D eigenvalue weighted by molar-refractivity contribution is 0.0689. The number of likely N-dealkylation sites (tertiary alicyclic amines) is 1. The Bertz CT molecular complexity index is 974. The fraction of sp³-hybridized carbons (Fsp3) is 0.409. The van der Waals surface area contributed by atoms with E-state index in [9.17, 15) is 9.59 Å². The van der Waals surface area contributed by atoms with Crippen molar-refractivity contribution in [1.82, 2.24) is 10.3 Å². The minimum absolute atomic E-state index is 0.0341.